The average Bonchev–Trinajstić information content (AvgIpc) is 2.41. The molecule has 1 aliphatic rings. The number of nitrogens with zero attached hydrogens (tertiary/aromatic N) is 1. The van der Waals surface area contributed by atoms with E-state index in [9.17, 15) is 13.2 Å². The Hall–Kier alpha value is -0.230. The molecule has 1 saturated heterocycles. The van der Waals surface area contributed by atoms with Crippen LogP contribution < -0.4 is 0 Å². The summed E-state index contributed by atoms with van der Waals surface area (Å²) in [5.41, 5.74) is 0. The van der Waals surface area contributed by atoms with Crippen molar-refractivity contribution in [1.82, 2.24) is 4.90 Å². The maximum Gasteiger partial charge on any atom is 0.232 e. The zero-order valence-corrected chi connectivity index (χ0v) is 10.0. The molecule has 1 rings (SSSR count). The summed E-state index contributed by atoms with van der Waals surface area (Å²) in [4.78, 5) is 12.7. The van der Waals surface area contributed by atoms with Crippen molar-refractivity contribution in [3.05, 3.63) is 0 Å². The quantitative estimate of drug-likeness (QED) is 0.693. The first-order valence-corrected chi connectivity index (χ1v) is 7.30. The van der Waals surface area contributed by atoms with Gasteiger partial charge in [0.2, 0.25) is 5.91 Å². The molecular weight excluding hydrogens is 222 g/mol. The van der Waals surface area contributed by atoms with Crippen LogP contribution in [0.2, 0.25) is 0 Å². The van der Waals surface area contributed by atoms with Gasteiger partial charge in [0.15, 0.2) is 9.84 Å². The van der Waals surface area contributed by atoms with E-state index >= 15 is 0 Å². The van der Waals surface area contributed by atoms with E-state index in [1.807, 2.05) is 0 Å². The van der Waals surface area contributed by atoms with Gasteiger partial charge in [-0.3, -0.25) is 4.79 Å². The van der Waals surface area contributed by atoms with Crippen LogP contribution in [0.4, 0.5) is 0 Å². The summed E-state index contributed by atoms with van der Waals surface area (Å²) in [6.45, 7) is 0. The third-order valence-electron chi connectivity index (χ3n) is 2.13. The summed E-state index contributed by atoms with van der Waals surface area (Å²) in [6.07, 6.45) is 0.688. The summed E-state index contributed by atoms with van der Waals surface area (Å²) in [6, 6.07) is 0. The third kappa shape index (κ3) is 3.49. The highest BCUT2D eigenvalue weighted by atomic mass is 32.2. The summed E-state index contributed by atoms with van der Waals surface area (Å²) in [5, 5.41) is 0.115. The van der Waals surface area contributed by atoms with Gasteiger partial charge in [0, 0.05) is 19.3 Å². The zero-order valence-electron chi connectivity index (χ0n) is 8.39. The maximum absolute atomic E-state index is 11.2. The predicted molar refractivity (Wildman–Crippen MR) is 58.2 cm³/mol. The summed E-state index contributed by atoms with van der Waals surface area (Å²) in [7, 11) is 0.596. The van der Waals surface area contributed by atoms with Gasteiger partial charge in [-0.05, 0) is 6.42 Å². The van der Waals surface area contributed by atoms with Gasteiger partial charge < -0.3 is 4.90 Å². The van der Waals surface area contributed by atoms with Gasteiger partial charge in [-0.25, -0.2) is 8.42 Å². The van der Waals surface area contributed by atoms with E-state index in [-0.39, 0.29) is 22.7 Å². The van der Waals surface area contributed by atoms with E-state index in [1.54, 1.807) is 14.1 Å². The number of carbonyl (C=O) groups excluding carboxylic acids is 1. The molecule has 1 unspecified atom stereocenters. The molecule has 0 aromatic heterocycles. The Morgan fingerprint density at radius 2 is 2.14 bits per heavy atom. The highest BCUT2D eigenvalue weighted by Gasteiger charge is 2.28. The van der Waals surface area contributed by atoms with Crippen LogP contribution in [0.5, 0.6) is 0 Å². The minimum absolute atomic E-state index is 0.0410. The lowest BCUT2D eigenvalue weighted by Gasteiger charge is -2.11. The van der Waals surface area contributed by atoms with Crippen LogP contribution in [0.15, 0.2) is 0 Å². The van der Waals surface area contributed by atoms with E-state index in [0.29, 0.717) is 12.2 Å². The molecule has 0 aromatic rings. The van der Waals surface area contributed by atoms with Gasteiger partial charge in [0.25, 0.3) is 0 Å². The molecule has 1 amide bonds. The Labute approximate surface area is 89.0 Å². The summed E-state index contributed by atoms with van der Waals surface area (Å²) < 4.78 is 22.2. The first-order valence-electron chi connectivity index (χ1n) is 4.43. The molecule has 1 aliphatic heterocycles. The van der Waals surface area contributed by atoms with Crippen molar-refractivity contribution in [2.75, 3.05) is 31.4 Å². The number of amides is 1. The maximum atomic E-state index is 11.2. The number of hydrogen-bond acceptors (Lipinski definition) is 4. The second-order valence-electron chi connectivity index (χ2n) is 3.62. The van der Waals surface area contributed by atoms with E-state index in [4.69, 9.17) is 0 Å². The van der Waals surface area contributed by atoms with Gasteiger partial charge in [-0.2, -0.15) is 0 Å². The molecule has 0 spiro atoms. The minimum Gasteiger partial charge on any atom is -0.348 e. The van der Waals surface area contributed by atoms with E-state index in [0.717, 1.165) is 0 Å². The molecule has 0 bridgehead atoms. The molecule has 0 aliphatic carbocycles. The van der Waals surface area contributed by atoms with Gasteiger partial charge in [-0.1, -0.05) is 0 Å². The number of carbonyl (C=O) groups is 1. The van der Waals surface area contributed by atoms with Crippen molar-refractivity contribution in [3.8, 4) is 0 Å². The molecule has 1 heterocycles. The number of rotatable bonds is 3. The molecule has 1 fully saturated rings. The van der Waals surface area contributed by atoms with E-state index in [2.05, 4.69) is 0 Å². The molecule has 14 heavy (non-hydrogen) atoms. The third-order valence-corrected chi connectivity index (χ3v) is 5.40. The first kappa shape index (κ1) is 11.8. The predicted octanol–water partition coefficient (Wildman–Crippen LogP) is -0.00510. The van der Waals surface area contributed by atoms with Crippen LogP contribution in [0.1, 0.15) is 6.42 Å². The normalized spacial score (nSPS) is 24.9. The monoisotopic (exact) mass is 237 g/mol. The number of sulfone groups is 1. The fourth-order valence-electron chi connectivity index (χ4n) is 1.21. The highest BCUT2D eigenvalue weighted by molar-refractivity contribution is 8.02. The van der Waals surface area contributed by atoms with Crippen molar-refractivity contribution < 1.29 is 13.2 Å². The molecule has 0 N–H and O–H groups in total. The van der Waals surface area contributed by atoms with Crippen molar-refractivity contribution in [2.45, 2.75) is 11.7 Å². The number of hydrogen-bond donors (Lipinski definition) is 0. The highest BCUT2D eigenvalue weighted by Crippen LogP contribution is 2.24. The van der Waals surface area contributed by atoms with Crippen LogP contribution in [-0.4, -0.2) is 55.8 Å². The van der Waals surface area contributed by atoms with Crippen molar-refractivity contribution in [1.29, 1.82) is 0 Å². The minimum atomic E-state index is -2.81. The van der Waals surface area contributed by atoms with Crippen molar-refractivity contribution >= 4 is 27.5 Å². The first-order chi connectivity index (χ1) is 6.41. The van der Waals surface area contributed by atoms with Crippen LogP contribution in [0, 0.1) is 0 Å². The molecule has 6 heteroatoms. The molecule has 0 saturated carbocycles. The van der Waals surface area contributed by atoms with E-state index < -0.39 is 9.84 Å². The van der Waals surface area contributed by atoms with Crippen molar-refractivity contribution in [3.63, 3.8) is 0 Å². The molecule has 82 valence electrons. The Bertz CT molecular complexity index is 311. The molecular formula is C8H15NO3S2. The molecule has 0 radical (unpaired) electrons. The van der Waals surface area contributed by atoms with Crippen LogP contribution in [0.3, 0.4) is 0 Å². The Morgan fingerprint density at radius 1 is 1.50 bits per heavy atom. The standard InChI is InChI=1S/C8H15NO3S2/c1-9(2)8(10)5-13-7-3-4-14(11,12)6-7/h7H,3-6H2,1-2H3. The summed E-state index contributed by atoms with van der Waals surface area (Å²) in [5.74, 6) is 0.936. The Balaban J connectivity index is 2.31. The largest absolute Gasteiger partial charge is 0.348 e. The van der Waals surface area contributed by atoms with Gasteiger partial charge >= 0.3 is 0 Å². The topological polar surface area (TPSA) is 54.5 Å². The molecule has 1 atom stereocenters. The Morgan fingerprint density at radius 3 is 2.57 bits per heavy atom. The zero-order chi connectivity index (χ0) is 10.8. The lowest BCUT2D eigenvalue weighted by Crippen LogP contribution is -2.24. The lowest BCUT2D eigenvalue weighted by molar-refractivity contribution is -0.125. The average molecular weight is 237 g/mol. The second kappa shape index (κ2) is 4.53. The SMILES string of the molecule is CN(C)C(=O)CSC1CCS(=O)(=O)C1. The fourth-order valence-corrected chi connectivity index (χ4v) is 4.83. The van der Waals surface area contributed by atoms with Crippen LogP contribution in [-0.2, 0) is 14.6 Å². The smallest absolute Gasteiger partial charge is 0.232 e. The van der Waals surface area contributed by atoms with Crippen LogP contribution in [0.25, 0.3) is 0 Å². The molecule has 0 aromatic carbocycles. The fraction of sp³-hybridized carbons (Fsp3) is 0.875. The van der Waals surface area contributed by atoms with Gasteiger partial charge in [0.1, 0.15) is 0 Å². The summed E-state index contributed by atoms with van der Waals surface area (Å²) >= 11 is 1.45. The second-order valence-corrected chi connectivity index (χ2v) is 7.14. The van der Waals surface area contributed by atoms with Crippen molar-refractivity contribution in [2.24, 2.45) is 0 Å². The molecule has 4 nitrogen and oxygen atoms in total. The van der Waals surface area contributed by atoms with Gasteiger partial charge in [0.05, 0.1) is 17.3 Å². The Kier molecular flexibility index (Phi) is 3.83. The van der Waals surface area contributed by atoms with Crippen LogP contribution >= 0.6 is 11.8 Å². The number of thioether (sulfide) groups is 1. The van der Waals surface area contributed by atoms with Gasteiger partial charge in [-0.15, -0.1) is 11.8 Å². The lowest BCUT2D eigenvalue weighted by atomic mass is 10.4. The van der Waals surface area contributed by atoms with E-state index in [1.165, 1.54) is 16.7 Å².